The van der Waals surface area contributed by atoms with Crippen LogP contribution in [-0.4, -0.2) is 59.7 Å². The molecule has 0 radical (unpaired) electrons. The van der Waals surface area contributed by atoms with Gasteiger partial charge in [0.1, 0.15) is 11.9 Å². The summed E-state index contributed by atoms with van der Waals surface area (Å²) in [6.45, 7) is 2.33. The summed E-state index contributed by atoms with van der Waals surface area (Å²) in [5.41, 5.74) is 0. The zero-order chi connectivity index (χ0) is 16.2. The first-order valence-electron chi connectivity index (χ1n) is 8.61. The molecular weight excluding hydrogens is 294 g/mol. The first-order valence-corrected chi connectivity index (χ1v) is 8.61. The number of nitrogens with one attached hydrogen (secondary N) is 1. The number of aliphatic hydroxyl groups excluding tert-OH is 1. The zero-order valence-corrected chi connectivity index (χ0v) is 13.8. The van der Waals surface area contributed by atoms with Crippen molar-refractivity contribution in [2.75, 3.05) is 26.7 Å². The van der Waals surface area contributed by atoms with Crippen LogP contribution in [0, 0.1) is 0 Å². The van der Waals surface area contributed by atoms with Gasteiger partial charge in [-0.2, -0.15) is 0 Å². The summed E-state index contributed by atoms with van der Waals surface area (Å²) in [5, 5.41) is 13.2. The van der Waals surface area contributed by atoms with Crippen LogP contribution >= 0.6 is 0 Å². The summed E-state index contributed by atoms with van der Waals surface area (Å²) in [6.07, 6.45) is 5.94. The number of likely N-dealkylation sites (N-methyl/N-ethyl adjacent to an activating group) is 1. The van der Waals surface area contributed by atoms with Crippen LogP contribution < -0.4 is 5.32 Å². The Bertz CT molecular complexity index is 501. The van der Waals surface area contributed by atoms with E-state index >= 15 is 0 Å². The molecule has 23 heavy (non-hydrogen) atoms. The maximum atomic E-state index is 12.4. The van der Waals surface area contributed by atoms with E-state index < -0.39 is 6.10 Å². The summed E-state index contributed by atoms with van der Waals surface area (Å²) < 4.78 is 5.25. The lowest BCUT2D eigenvalue weighted by molar-refractivity contribution is 0.107. The van der Waals surface area contributed by atoms with Crippen molar-refractivity contribution >= 4 is 6.03 Å². The number of nitrogens with zero attached hydrogens (tertiary/aromatic N) is 2. The van der Waals surface area contributed by atoms with E-state index in [9.17, 15) is 9.90 Å². The van der Waals surface area contributed by atoms with Gasteiger partial charge in [0.2, 0.25) is 0 Å². The zero-order valence-electron chi connectivity index (χ0n) is 13.8. The average molecular weight is 321 g/mol. The highest BCUT2D eigenvalue weighted by atomic mass is 16.4. The van der Waals surface area contributed by atoms with Gasteiger partial charge in [-0.15, -0.1) is 0 Å². The van der Waals surface area contributed by atoms with Gasteiger partial charge in [-0.25, -0.2) is 4.79 Å². The van der Waals surface area contributed by atoms with E-state index in [2.05, 4.69) is 17.3 Å². The Hall–Kier alpha value is -1.53. The minimum absolute atomic E-state index is 0.0108. The molecule has 6 nitrogen and oxygen atoms in total. The van der Waals surface area contributed by atoms with Crippen molar-refractivity contribution in [3.8, 4) is 0 Å². The van der Waals surface area contributed by atoms with Crippen molar-refractivity contribution in [3.63, 3.8) is 0 Å². The lowest BCUT2D eigenvalue weighted by atomic mass is 10.1. The van der Waals surface area contributed by atoms with E-state index in [1.165, 1.54) is 12.8 Å². The minimum Gasteiger partial charge on any atom is -0.467 e. The van der Waals surface area contributed by atoms with E-state index in [1.807, 2.05) is 4.90 Å². The second kappa shape index (κ2) is 7.36. The smallest absolute Gasteiger partial charge is 0.317 e. The number of carbonyl (C=O) groups is 1. The van der Waals surface area contributed by atoms with Gasteiger partial charge < -0.3 is 24.6 Å². The fourth-order valence-electron chi connectivity index (χ4n) is 3.34. The summed E-state index contributed by atoms with van der Waals surface area (Å²) in [7, 11) is 2.11. The van der Waals surface area contributed by atoms with E-state index in [0.29, 0.717) is 18.7 Å². The fraction of sp³-hybridized carbons (Fsp3) is 0.706. The number of hydrogen-bond donors (Lipinski definition) is 2. The average Bonchev–Trinajstić information content (AvgIpc) is 3.05. The van der Waals surface area contributed by atoms with Crippen LogP contribution in [0.1, 0.15) is 44.0 Å². The Morgan fingerprint density at radius 1 is 1.52 bits per heavy atom. The second-order valence-corrected chi connectivity index (χ2v) is 6.70. The standard InChI is InChI=1S/C17H27N3O3/c1-19(13-6-7-13)10-8-18-17(22)20-9-2-4-14(20)12-15(21)16-5-3-11-23-16/h3,5,11,13-15,21H,2,4,6-10,12H2,1H3,(H,18,22)/t14-,15-/m1/s1. The number of hydrogen-bond acceptors (Lipinski definition) is 4. The van der Waals surface area contributed by atoms with Crippen LogP contribution in [0.5, 0.6) is 0 Å². The van der Waals surface area contributed by atoms with Crippen molar-refractivity contribution in [2.45, 2.75) is 50.3 Å². The van der Waals surface area contributed by atoms with Crippen LogP contribution in [0.15, 0.2) is 22.8 Å². The third-order valence-corrected chi connectivity index (χ3v) is 4.92. The quantitative estimate of drug-likeness (QED) is 0.806. The van der Waals surface area contributed by atoms with Crippen molar-refractivity contribution in [1.29, 1.82) is 0 Å². The monoisotopic (exact) mass is 321 g/mol. The van der Waals surface area contributed by atoms with E-state index in [1.54, 1.807) is 18.4 Å². The molecule has 3 rings (SSSR count). The van der Waals surface area contributed by atoms with Gasteiger partial charge in [-0.3, -0.25) is 0 Å². The van der Waals surface area contributed by atoms with Crippen molar-refractivity contribution in [2.24, 2.45) is 0 Å². The predicted molar refractivity (Wildman–Crippen MR) is 87.1 cm³/mol. The number of carbonyl (C=O) groups excluding carboxylic acids is 1. The molecule has 1 aromatic heterocycles. The Labute approximate surface area is 137 Å². The molecule has 0 bridgehead atoms. The molecule has 1 aliphatic heterocycles. The Morgan fingerprint density at radius 2 is 2.35 bits per heavy atom. The molecule has 0 spiro atoms. The molecule has 2 atom stereocenters. The Kier molecular flexibility index (Phi) is 5.23. The highest BCUT2D eigenvalue weighted by Gasteiger charge is 2.31. The summed E-state index contributed by atoms with van der Waals surface area (Å²) in [4.78, 5) is 16.6. The number of rotatable bonds is 7. The lowest BCUT2D eigenvalue weighted by Crippen LogP contribution is -2.45. The second-order valence-electron chi connectivity index (χ2n) is 6.70. The minimum atomic E-state index is -0.649. The highest BCUT2D eigenvalue weighted by molar-refractivity contribution is 5.74. The molecule has 0 aromatic carbocycles. The van der Waals surface area contributed by atoms with Crippen molar-refractivity contribution in [1.82, 2.24) is 15.1 Å². The van der Waals surface area contributed by atoms with Gasteiger partial charge in [0.25, 0.3) is 0 Å². The number of amides is 2. The van der Waals surface area contributed by atoms with Crippen molar-refractivity contribution in [3.05, 3.63) is 24.2 Å². The number of likely N-dealkylation sites (tertiary alicyclic amines) is 1. The van der Waals surface area contributed by atoms with Crippen LogP contribution in [-0.2, 0) is 0 Å². The predicted octanol–water partition coefficient (Wildman–Crippen LogP) is 1.97. The molecule has 2 fully saturated rings. The Morgan fingerprint density at radius 3 is 3.04 bits per heavy atom. The van der Waals surface area contributed by atoms with Gasteiger partial charge >= 0.3 is 6.03 Å². The van der Waals surface area contributed by atoms with E-state index in [0.717, 1.165) is 32.0 Å². The molecule has 1 aromatic rings. The third kappa shape index (κ3) is 4.26. The molecule has 0 unspecified atom stereocenters. The van der Waals surface area contributed by atoms with Crippen LogP contribution in [0.3, 0.4) is 0 Å². The van der Waals surface area contributed by atoms with E-state index in [4.69, 9.17) is 4.42 Å². The fourth-order valence-corrected chi connectivity index (χ4v) is 3.34. The molecule has 2 N–H and O–H groups in total. The largest absolute Gasteiger partial charge is 0.467 e. The maximum Gasteiger partial charge on any atom is 0.317 e. The molecule has 2 heterocycles. The molecule has 1 saturated carbocycles. The van der Waals surface area contributed by atoms with Crippen LogP contribution in [0.4, 0.5) is 4.79 Å². The van der Waals surface area contributed by atoms with Crippen LogP contribution in [0.25, 0.3) is 0 Å². The molecule has 6 heteroatoms. The first-order chi connectivity index (χ1) is 11.1. The third-order valence-electron chi connectivity index (χ3n) is 4.92. The number of aliphatic hydroxyl groups is 1. The Balaban J connectivity index is 1.44. The summed E-state index contributed by atoms with van der Waals surface area (Å²) in [5.74, 6) is 0.573. The summed E-state index contributed by atoms with van der Waals surface area (Å²) >= 11 is 0. The normalized spacial score (nSPS) is 22.6. The first kappa shape index (κ1) is 16.3. The molecule has 2 aliphatic rings. The molecule has 2 amide bonds. The van der Waals surface area contributed by atoms with Gasteiger partial charge in [0.05, 0.1) is 6.26 Å². The molecule has 1 aliphatic carbocycles. The van der Waals surface area contributed by atoms with Gasteiger partial charge in [0, 0.05) is 38.1 Å². The summed E-state index contributed by atoms with van der Waals surface area (Å²) in [6, 6.07) is 4.33. The van der Waals surface area contributed by atoms with Gasteiger partial charge in [0.15, 0.2) is 0 Å². The molecular formula is C17H27N3O3. The SMILES string of the molecule is CN(CCNC(=O)N1CCC[C@@H]1C[C@@H](O)c1ccco1)C1CC1. The van der Waals surface area contributed by atoms with E-state index in [-0.39, 0.29) is 12.1 Å². The topological polar surface area (TPSA) is 69.0 Å². The number of furan rings is 1. The highest BCUT2D eigenvalue weighted by Crippen LogP contribution is 2.27. The van der Waals surface area contributed by atoms with Gasteiger partial charge in [-0.05, 0) is 44.9 Å². The molecule has 1 saturated heterocycles. The van der Waals surface area contributed by atoms with Crippen LogP contribution in [0.2, 0.25) is 0 Å². The molecule has 128 valence electrons. The maximum absolute atomic E-state index is 12.4. The van der Waals surface area contributed by atoms with Gasteiger partial charge in [-0.1, -0.05) is 0 Å². The van der Waals surface area contributed by atoms with Crippen molar-refractivity contribution < 1.29 is 14.3 Å². The lowest BCUT2D eigenvalue weighted by Gasteiger charge is -2.27. The number of urea groups is 1.